The van der Waals surface area contributed by atoms with E-state index >= 15 is 0 Å². The fourth-order valence-electron chi connectivity index (χ4n) is 1.08. The van der Waals surface area contributed by atoms with Gasteiger partial charge in [-0.3, -0.25) is 9.78 Å². The van der Waals surface area contributed by atoms with Crippen molar-refractivity contribution in [3.05, 3.63) is 34.6 Å². The molecule has 1 aromatic carbocycles. The average Bonchev–Trinajstić information content (AvgIpc) is 2.16. The van der Waals surface area contributed by atoms with Crippen molar-refractivity contribution < 1.29 is 4.79 Å². The molecule has 0 aliphatic rings. The zero-order chi connectivity index (χ0) is 10.1. The van der Waals surface area contributed by atoms with E-state index in [1.165, 1.54) is 6.20 Å². The van der Waals surface area contributed by atoms with Crippen molar-refractivity contribution in [3.63, 3.8) is 0 Å². The van der Waals surface area contributed by atoms with Gasteiger partial charge >= 0.3 is 0 Å². The minimum absolute atomic E-state index is 0.164. The van der Waals surface area contributed by atoms with E-state index in [-0.39, 0.29) is 5.69 Å². The first-order chi connectivity index (χ1) is 6.66. The van der Waals surface area contributed by atoms with E-state index < -0.39 is 5.24 Å². The van der Waals surface area contributed by atoms with Crippen LogP contribution in [0.5, 0.6) is 0 Å². The standard InChI is InChI=1S/C9H4BrClN2O/c10-5-1-2-6-7(3-5)13-8(4-12-6)9(11)14/h1-4H. The SMILES string of the molecule is O=C(Cl)c1cnc2ccc(Br)cc2n1. The summed E-state index contributed by atoms with van der Waals surface area (Å²) in [5, 5.41) is -0.598. The van der Waals surface area contributed by atoms with Crippen LogP contribution in [0.4, 0.5) is 0 Å². The maximum atomic E-state index is 10.8. The lowest BCUT2D eigenvalue weighted by Gasteiger charge is -1.98. The molecule has 2 aromatic rings. The lowest BCUT2D eigenvalue weighted by molar-refractivity contribution is 0.107. The summed E-state index contributed by atoms with van der Waals surface area (Å²) in [4.78, 5) is 18.9. The Hall–Kier alpha value is -1.00. The molecular weight excluding hydrogens is 267 g/mol. The highest BCUT2D eigenvalue weighted by molar-refractivity contribution is 9.10. The van der Waals surface area contributed by atoms with Gasteiger partial charge in [0.25, 0.3) is 5.24 Å². The van der Waals surface area contributed by atoms with Gasteiger partial charge in [0.2, 0.25) is 0 Å². The van der Waals surface area contributed by atoms with Crippen molar-refractivity contribution in [2.45, 2.75) is 0 Å². The van der Waals surface area contributed by atoms with Crippen LogP contribution < -0.4 is 0 Å². The molecule has 0 aliphatic heterocycles. The fraction of sp³-hybridized carbons (Fsp3) is 0. The summed E-state index contributed by atoms with van der Waals surface area (Å²) in [6.45, 7) is 0. The third kappa shape index (κ3) is 1.76. The zero-order valence-corrected chi connectivity index (χ0v) is 9.21. The molecule has 0 bridgehead atoms. The third-order valence-corrected chi connectivity index (χ3v) is 2.39. The van der Waals surface area contributed by atoms with Gasteiger partial charge in [0.1, 0.15) is 5.69 Å². The fourth-order valence-corrected chi connectivity index (χ4v) is 1.52. The molecule has 14 heavy (non-hydrogen) atoms. The van der Waals surface area contributed by atoms with Crippen molar-refractivity contribution in [3.8, 4) is 0 Å². The second-order valence-electron chi connectivity index (χ2n) is 2.66. The predicted molar refractivity (Wildman–Crippen MR) is 57.4 cm³/mol. The van der Waals surface area contributed by atoms with Crippen molar-refractivity contribution in [1.29, 1.82) is 0 Å². The summed E-state index contributed by atoms with van der Waals surface area (Å²) in [6, 6.07) is 5.46. The smallest absolute Gasteiger partial charge is 0.272 e. The van der Waals surface area contributed by atoms with E-state index in [2.05, 4.69) is 25.9 Å². The number of aromatic nitrogens is 2. The van der Waals surface area contributed by atoms with Crippen LogP contribution in [-0.2, 0) is 0 Å². The Labute approximate surface area is 93.2 Å². The molecule has 3 nitrogen and oxygen atoms in total. The lowest BCUT2D eigenvalue weighted by Crippen LogP contribution is -1.95. The number of nitrogens with zero attached hydrogens (tertiary/aromatic N) is 2. The highest BCUT2D eigenvalue weighted by Crippen LogP contribution is 2.16. The third-order valence-electron chi connectivity index (χ3n) is 1.71. The van der Waals surface area contributed by atoms with Gasteiger partial charge < -0.3 is 0 Å². The van der Waals surface area contributed by atoms with Gasteiger partial charge in [-0.1, -0.05) is 15.9 Å². The molecule has 0 fully saturated rings. The first-order valence-electron chi connectivity index (χ1n) is 3.79. The summed E-state index contributed by atoms with van der Waals surface area (Å²) in [6.07, 6.45) is 1.37. The summed E-state index contributed by atoms with van der Waals surface area (Å²) >= 11 is 8.60. The van der Waals surface area contributed by atoms with Crippen LogP contribution in [0.2, 0.25) is 0 Å². The minimum atomic E-state index is -0.598. The van der Waals surface area contributed by atoms with Crippen molar-refractivity contribution in [2.24, 2.45) is 0 Å². The molecule has 2 rings (SSSR count). The highest BCUT2D eigenvalue weighted by Gasteiger charge is 2.05. The first-order valence-corrected chi connectivity index (χ1v) is 4.96. The van der Waals surface area contributed by atoms with Crippen LogP contribution in [0, 0.1) is 0 Å². The lowest BCUT2D eigenvalue weighted by atomic mass is 10.3. The average molecular weight is 272 g/mol. The van der Waals surface area contributed by atoms with Crippen LogP contribution in [-0.4, -0.2) is 15.2 Å². The predicted octanol–water partition coefficient (Wildman–Crippen LogP) is 2.77. The molecule has 0 amide bonds. The molecule has 0 aliphatic carbocycles. The summed E-state index contributed by atoms with van der Waals surface area (Å²) < 4.78 is 0.887. The molecule has 1 aromatic heterocycles. The molecule has 0 N–H and O–H groups in total. The summed E-state index contributed by atoms with van der Waals surface area (Å²) in [7, 11) is 0. The zero-order valence-electron chi connectivity index (χ0n) is 6.87. The molecule has 0 saturated carbocycles. The van der Waals surface area contributed by atoms with E-state index in [0.717, 1.165) is 9.99 Å². The molecule has 0 unspecified atom stereocenters. The van der Waals surface area contributed by atoms with Crippen molar-refractivity contribution >= 4 is 43.8 Å². The van der Waals surface area contributed by atoms with Gasteiger partial charge in [0, 0.05) is 4.47 Å². The van der Waals surface area contributed by atoms with Gasteiger partial charge in [-0.2, -0.15) is 0 Å². The Kier molecular flexibility index (Phi) is 2.48. The summed E-state index contributed by atoms with van der Waals surface area (Å²) in [5.74, 6) is 0. The van der Waals surface area contributed by atoms with E-state index in [1.54, 1.807) is 6.07 Å². The number of halogens is 2. The molecular formula is C9H4BrClN2O. The maximum Gasteiger partial charge on any atom is 0.272 e. The monoisotopic (exact) mass is 270 g/mol. The van der Waals surface area contributed by atoms with Crippen LogP contribution in [0.15, 0.2) is 28.9 Å². The van der Waals surface area contributed by atoms with Crippen LogP contribution in [0.25, 0.3) is 11.0 Å². The number of benzene rings is 1. The van der Waals surface area contributed by atoms with E-state index in [9.17, 15) is 4.79 Å². The first kappa shape index (κ1) is 9.55. The Balaban J connectivity index is 2.69. The number of fused-ring (bicyclic) bond motifs is 1. The Morgan fingerprint density at radius 3 is 2.86 bits per heavy atom. The van der Waals surface area contributed by atoms with E-state index in [4.69, 9.17) is 11.6 Å². The molecule has 1 heterocycles. The second kappa shape index (κ2) is 3.63. The second-order valence-corrected chi connectivity index (χ2v) is 3.92. The van der Waals surface area contributed by atoms with Crippen LogP contribution >= 0.6 is 27.5 Å². The topological polar surface area (TPSA) is 42.9 Å². The number of carbonyl (C=O) groups is 1. The number of carbonyl (C=O) groups excluding carboxylic acids is 1. The molecule has 0 saturated heterocycles. The largest absolute Gasteiger partial charge is 0.274 e. The Morgan fingerprint density at radius 1 is 1.36 bits per heavy atom. The Bertz CT molecular complexity index is 515. The number of hydrogen-bond acceptors (Lipinski definition) is 3. The van der Waals surface area contributed by atoms with Gasteiger partial charge in [-0.05, 0) is 29.8 Å². The summed E-state index contributed by atoms with van der Waals surface area (Å²) in [5.41, 5.74) is 1.54. The normalized spacial score (nSPS) is 10.4. The molecule has 0 spiro atoms. The number of rotatable bonds is 1. The van der Waals surface area contributed by atoms with Crippen molar-refractivity contribution in [2.75, 3.05) is 0 Å². The molecule has 70 valence electrons. The maximum absolute atomic E-state index is 10.8. The van der Waals surface area contributed by atoms with E-state index in [1.807, 2.05) is 12.1 Å². The Morgan fingerprint density at radius 2 is 2.14 bits per heavy atom. The van der Waals surface area contributed by atoms with Gasteiger partial charge in [0.05, 0.1) is 17.2 Å². The van der Waals surface area contributed by atoms with Crippen molar-refractivity contribution in [1.82, 2.24) is 9.97 Å². The molecule has 0 atom stereocenters. The van der Waals surface area contributed by atoms with E-state index in [0.29, 0.717) is 5.52 Å². The molecule has 0 radical (unpaired) electrons. The minimum Gasteiger partial charge on any atom is -0.274 e. The van der Waals surface area contributed by atoms with Gasteiger partial charge in [-0.15, -0.1) is 0 Å². The number of hydrogen-bond donors (Lipinski definition) is 0. The van der Waals surface area contributed by atoms with Gasteiger partial charge in [-0.25, -0.2) is 4.98 Å². The highest BCUT2D eigenvalue weighted by atomic mass is 79.9. The van der Waals surface area contributed by atoms with Crippen LogP contribution in [0.1, 0.15) is 10.5 Å². The van der Waals surface area contributed by atoms with Crippen LogP contribution in [0.3, 0.4) is 0 Å². The quantitative estimate of drug-likeness (QED) is 0.749. The van der Waals surface area contributed by atoms with Gasteiger partial charge in [0.15, 0.2) is 0 Å². The molecule has 5 heteroatoms.